The van der Waals surface area contributed by atoms with E-state index in [1.807, 2.05) is 0 Å². The average molecular weight is 622 g/mol. The molecule has 0 heterocycles. The van der Waals surface area contributed by atoms with Crippen molar-refractivity contribution in [3.05, 3.63) is 105 Å². The lowest BCUT2D eigenvalue weighted by Crippen LogP contribution is -2.36. The summed E-state index contributed by atoms with van der Waals surface area (Å²) >= 11 is 0. The lowest BCUT2D eigenvalue weighted by molar-refractivity contribution is -0.385. The van der Waals surface area contributed by atoms with Crippen molar-refractivity contribution in [3.8, 4) is 11.5 Å². The van der Waals surface area contributed by atoms with Gasteiger partial charge >= 0.3 is 24.0 Å². The molecule has 0 unspecified atom stereocenters. The zero-order valence-corrected chi connectivity index (χ0v) is 22.6. The molecule has 232 valence electrons. The fourth-order valence-corrected chi connectivity index (χ4v) is 3.59. The van der Waals surface area contributed by atoms with Gasteiger partial charge in [0, 0.05) is 30.5 Å². The molecule has 3 aromatic carbocycles. The molecule has 0 aliphatic rings. The van der Waals surface area contributed by atoms with E-state index in [1.54, 1.807) is 12.1 Å². The van der Waals surface area contributed by atoms with E-state index in [9.17, 15) is 46.6 Å². The number of nitrogens with zero attached hydrogens (tertiary/aromatic N) is 2. The Kier molecular flexibility index (Phi) is 11.2. The number of alkyl halides is 5. The lowest BCUT2D eigenvalue weighted by atomic mass is 10.1. The number of ether oxygens (including phenoxy) is 3. The standard InChI is InChI=1S/C29H23F5N2O8/c30-28(31,29(32,33)34)15-1-16-42-23-11-6-21(7-12-23)27(38)44-24-9-2-19(3-10-24)4-13-26(37)43-17-14-20-5-8-22(35-39)18-25(20)36(40)41/h2-13,18H,1,14-17H2/b13-4+. The van der Waals surface area contributed by atoms with E-state index in [-0.39, 0.29) is 53.6 Å². The fourth-order valence-electron chi connectivity index (χ4n) is 3.59. The topological polar surface area (TPSA) is 134 Å². The highest BCUT2D eigenvalue weighted by molar-refractivity contribution is 5.91. The van der Waals surface area contributed by atoms with Crippen LogP contribution >= 0.6 is 0 Å². The molecule has 0 saturated carbocycles. The molecule has 10 nitrogen and oxygen atoms in total. The van der Waals surface area contributed by atoms with Crippen molar-refractivity contribution in [1.29, 1.82) is 0 Å². The van der Waals surface area contributed by atoms with Crippen LogP contribution in [0, 0.1) is 15.0 Å². The molecular formula is C29H23F5N2O8. The number of nitroso groups, excluding NO2 is 1. The Morgan fingerprint density at radius 1 is 0.909 bits per heavy atom. The number of carbonyl (C=O) groups excluding carboxylic acids is 2. The highest BCUT2D eigenvalue weighted by atomic mass is 19.4. The minimum atomic E-state index is -5.62. The van der Waals surface area contributed by atoms with E-state index in [0.717, 1.165) is 12.1 Å². The first-order chi connectivity index (χ1) is 20.8. The molecule has 0 aromatic heterocycles. The first-order valence-corrected chi connectivity index (χ1v) is 12.7. The van der Waals surface area contributed by atoms with Gasteiger partial charge in [0.25, 0.3) is 5.69 Å². The van der Waals surface area contributed by atoms with Crippen LogP contribution in [0.5, 0.6) is 11.5 Å². The molecule has 0 spiro atoms. The van der Waals surface area contributed by atoms with E-state index < -0.39 is 41.8 Å². The zero-order valence-electron chi connectivity index (χ0n) is 22.6. The Bertz CT molecular complexity index is 1510. The van der Waals surface area contributed by atoms with E-state index in [1.165, 1.54) is 54.6 Å². The molecule has 3 rings (SSSR count). The molecule has 0 aliphatic heterocycles. The van der Waals surface area contributed by atoms with Gasteiger partial charge in [-0.2, -0.15) is 22.0 Å². The highest BCUT2D eigenvalue weighted by Crippen LogP contribution is 2.38. The summed E-state index contributed by atoms with van der Waals surface area (Å²) in [7, 11) is 0. The third kappa shape index (κ3) is 9.68. The molecule has 0 saturated heterocycles. The summed E-state index contributed by atoms with van der Waals surface area (Å²) in [6, 6.07) is 15.1. The number of hydrogen-bond donors (Lipinski definition) is 0. The van der Waals surface area contributed by atoms with Crippen molar-refractivity contribution < 1.29 is 50.7 Å². The van der Waals surface area contributed by atoms with Crippen molar-refractivity contribution in [2.24, 2.45) is 5.18 Å². The Labute approximate surface area is 246 Å². The monoisotopic (exact) mass is 622 g/mol. The van der Waals surface area contributed by atoms with Crippen molar-refractivity contribution in [1.82, 2.24) is 0 Å². The SMILES string of the molecule is O=Nc1ccc(CCOC(=O)/C=C/c2ccc(OC(=O)c3ccc(OCCCC(F)(F)C(F)(F)F)cc3)cc2)c([N+](=O)[O-])c1. The van der Waals surface area contributed by atoms with Crippen LogP contribution in [-0.4, -0.2) is 42.2 Å². The van der Waals surface area contributed by atoms with Crippen LogP contribution in [0.2, 0.25) is 0 Å². The Balaban J connectivity index is 1.43. The van der Waals surface area contributed by atoms with E-state index in [0.29, 0.717) is 5.56 Å². The van der Waals surface area contributed by atoms with Gasteiger partial charge in [0.05, 0.1) is 23.7 Å². The third-order valence-electron chi connectivity index (χ3n) is 5.90. The van der Waals surface area contributed by atoms with Crippen molar-refractivity contribution in [2.75, 3.05) is 13.2 Å². The number of rotatable bonds is 14. The highest BCUT2D eigenvalue weighted by Gasteiger charge is 2.56. The number of halogens is 5. The molecule has 0 amide bonds. The van der Waals surface area contributed by atoms with Crippen molar-refractivity contribution in [2.45, 2.75) is 31.4 Å². The first kappa shape index (κ1) is 33.3. The molecule has 0 bridgehead atoms. The summed E-state index contributed by atoms with van der Waals surface area (Å²) in [6.45, 7) is -0.532. The van der Waals surface area contributed by atoms with Gasteiger partial charge < -0.3 is 14.2 Å². The van der Waals surface area contributed by atoms with Gasteiger partial charge in [-0.05, 0) is 71.8 Å². The van der Waals surface area contributed by atoms with Gasteiger partial charge in [0.1, 0.15) is 17.2 Å². The number of benzene rings is 3. The number of hydrogen-bond acceptors (Lipinski definition) is 9. The largest absolute Gasteiger partial charge is 0.494 e. The summed E-state index contributed by atoms with van der Waals surface area (Å²) in [6.07, 6.45) is -4.95. The maximum absolute atomic E-state index is 12.9. The second-order valence-corrected chi connectivity index (χ2v) is 9.05. The van der Waals surface area contributed by atoms with Crippen LogP contribution in [0.3, 0.4) is 0 Å². The molecule has 0 fully saturated rings. The van der Waals surface area contributed by atoms with Gasteiger partial charge in [0.2, 0.25) is 0 Å². The summed E-state index contributed by atoms with van der Waals surface area (Å²) < 4.78 is 77.9. The van der Waals surface area contributed by atoms with Crippen LogP contribution in [0.25, 0.3) is 6.08 Å². The molecule has 0 aliphatic carbocycles. The molecular weight excluding hydrogens is 599 g/mol. The number of nitro benzene ring substituents is 1. The van der Waals surface area contributed by atoms with Crippen LogP contribution in [0.4, 0.5) is 33.3 Å². The lowest BCUT2D eigenvalue weighted by Gasteiger charge is -2.19. The first-order valence-electron chi connectivity index (χ1n) is 12.7. The summed E-state index contributed by atoms with van der Waals surface area (Å²) in [5, 5.41) is 13.8. The Morgan fingerprint density at radius 3 is 2.18 bits per heavy atom. The zero-order chi connectivity index (χ0) is 32.3. The Hall–Kier alpha value is -5.21. The van der Waals surface area contributed by atoms with Crippen LogP contribution < -0.4 is 9.47 Å². The summed E-state index contributed by atoms with van der Waals surface area (Å²) in [4.78, 5) is 45.5. The molecule has 3 aromatic rings. The molecule has 15 heteroatoms. The summed E-state index contributed by atoms with van der Waals surface area (Å²) in [5.74, 6) is -5.89. The van der Waals surface area contributed by atoms with E-state index in [2.05, 4.69) is 5.18 Å². The van der Waals surface area contributed by atoms with Gasteiger partial charge in [-0.25, -0.2) is 9.59 Å². The van der Waals surface area contributed by atoms with Crippen LogP contribution in [-0.2, 0) is 16.0 Å². The van der Waals surface area contributed by atoms with Gasteiger partial charge in [0.15, 0.2) is 0 Å². The summed E-state index contributed by atoms with van der Waals surface area (Å²) in [5.41, 5.74) is 0.537. The molecule has 0 N–H and O–H groups in total. The minimum absolute atomic E-state index is 0.0394. The number of nitro groups is 1. The maximum Gasteiger partial charge on any atom is 0.453 e. The normalized spacial score (nSPS) is 11.7. The van der Waals surface area contributed by atoms with Gasteiger partial charge in [-0.1, -0.05) is 12.1 Å². The number of esters is 2. The predicted octanol–water partition coefficient (Wildman–Crippen LogP) is 7.37. The maximum atomic E-state index is 12.9. The smallest absolute Gasteiger partial charge is 0.453 e. The van der Waals surface area contributed by atoms with Gasteiger partial charge in [-0.15, -0.1) is 4.91 Å². The predicted molar refractivity (Wildman–Crippen MR) is 146 cm³/mol. The molecule has 0 atom stereocenters. The Morgan fingerprint density at radius 2 is 1.57 bits per heavy atom. The fraction of sp³-hybridized carbons (Fsp3) is 0.241. The van der Waals surface area contributed by atoms with Crippen LogP contribution in [0.15, 0.2) is 78.0 Å². The molecule has 44 heavy (non-hydrogen) atoms. The van der Waals surface area contributed by atoms with Gasteiger partial charge in [-0.3, -0.25) is 10.1 Å². The minimum Gasteiger partial charge on any atom is -0.494 e. The van der Waals surface area contributed by atoms with E-state index >= 15 is 0 Å². The van der Waals surface area contributed by atoms with E-state index in [4.69, 9.17) is 14.2 Å². The second-order valence-electron chi connectivity index (χ2n) is 9.05. The average Bonchev–Trinajstić information content (AvgIpc) is 2.98. The quantitative estimate of drug-likeness (QED) is 0.0266. The third-order valence-corrected chi connectivity index (χ3v) is 5.90. The van der Waals surface area contributed by atoms with Crippen LogP contribution in [0.1, 0.15) is 34.3 Å². The van der Waals surface area contributed by atoms with Crippen molar-refractivity contribution in [3.63, 3.8) is 0 Å². The second kappa shape index (κ2) is 14.8. The van der Waals surface area contributed by atoms with Crippen molar-refractivity contribution >= 4 is 29.4 Å². The molecule has 0 radical (unpaired) electrons. The number of carbonyl (C=O) groups is 2.